The first-order valence-electron chi connectivity index (χ1n) is 9.43. The number of benzene rings is 2. The van der Waals surface area contributed by atoms with E-state index in [2.05, 4.69) is 0 Å². The van der Waals surface area contributed by atoms with Crippen molar-refractivity contribution in [2.24, 2.45) is 11.8 Å². The highest BCUT2D eigenvalue weighted by atomic mass is 35.5. The highest BCUT2D eigenvalue weighted by Crippen LogP contribution is 2.39. The fourth-order valence-corrected chi connectivity index (χ4v) is 4.33. The Hall–Kier alpha value is -2.10. The summed E-state index contributed by atoms with van der Waals surface area (Å²) in [6.07, 6.45) is 2.02. The van der Waals surface area contributed by atoms with Crippen molar-refractivity contribution in [1.29, 1.82) is 0 Å². The van der Waals surface area contributed by atoms with E-state index in [1.807, 2.05) is 49.4 Å². The van der Waals surface area contributed by atoms with Crippen molar-refractivity contribution in [1.82, 2.24) is 0 Å². The van der Waals surface area contributed by atoms with Crippen LogP contribution in [-0.2, 0) is 9.53 Å². The van der Waals surface area contributed by atoms with Gasteiger partial charge in [-0.3, -0.25) is 4.79 Å². The zero-order valence-corrected chi connectivity index (χ0v) is 16.1. The Morgan fingerprint density at radius 1 is 1.04 bits per heavy atom. The predicted octanol–water partition coefficient (Wildman–Crippen LogP) is 5.60. The smallest absolute Gasteiger partial charge is 0.167 e. The topological polar surface area (TPSA) is 46.5 Å². The number of ether oxygens (including phenoxy) is 1. The van der Waals surface area contributed by atoms with Gasteiger partial charge in [-0.15, -0.1) is 0 Å². The normalized spacial score (nSPS) is 23.1. The molecule has 2 aliphatic rings. The van der Waals surface area contributed by atoms with Crippen molar-refractivity contribution >= 4 is 23.0 Å². The molecule has 2 atom stereocenters. The van der Waals surface area contributed by atoms with Crippen molar-refractivity contribution in [2.45, 2.75) is 26.2 Å². The number of halogens is 1. The van der Waals surface area contributed by atoms with Gasteiger partial charge in [-0.1, -0.05) is 35.9 Å². The van der Waals surface area contributed by atoms with Gasteiger partial charge in [0.25, 0.3) is 0 Å². The van der Waals surface area contributed by atoms with Crippen molar-refractivity contribution in [3.63, 3.8) is 0 Å². The van der Waals surface area contributed by atoms with Crippen LogP contribution in [0.2, 0.25) is 5.02 Å². The highest BCUT2D eigenvalue weighted by molar-refractivity contribution is 6.30. The number of Topliss-reactive ketones (excluding diaryl/α,β-unsaturated/α-hetero) is 1. The number of aliphatic hydroxyl groups excluding tert-OH is 1. The molecule has 4 rings (SSSR count). The van der Waals surface area contributed by atoms with Gasteiger partial charge in [-0.2, -0.15) is 0 Å². The molecular weight excluding hydrogens is 360 g/mol. The molecule has 0 bridgehead atoms. The number of ketones is 1. The summed E-state index contributed by atoms with van der Waals surface area (Å²) >= 11 is 5.99. The van der Waals surface area contributed by atoms with Crippen molar-refractivity contribution in [3.05, 3.63) is 64.4 Å². The summed E-state index contributed by atoms with van der Waals surface area (Å²) in [6, 6.07) is 13.7. The highest BCUT2D eigenvalue weighted by Gasteiger charge is 2.35. The molecule has 3 nitrogen and oxygen atoms in total. The second-order valence-corrected chi connectivity index (χ2v) is 8.01. The quantitative estimate of drug-likeness (QED) is 0.751. The Bertz CT molecular complexity index is 892. The molecule has 1 N–H and O–H groups in total. The monoisotopic (exact) mass is 382 g/mol. The van der Waals surface area contributed by atoms with Crippen LogP contribution in [0.3, 0.4) is 0 Å². The van der Waals surface area contributed by atoms with Crippen LogP contribution >= 0.6 is 11.6 Å². The van der Waals surface area contributed by atoms with Crippen molar-refractivity contribution in [3.8, 4) is 11.1 Å². The SMILES string of the molecule is Cc1ccc(-c2ccc(Cl)cc2)cc1C1=C(O)CC(C2CCOC2)CC1=O. The molecule has 0 amide bonds. The van der Waals surface area contributed by atoms with Crippen molar-refractivity contribution in [2.75, 3.05) is 13.2 Å². The molecular formula is C23H23ClO3. The number of carbonyl (C=O) groups is 1. The number of hydrogen-bond donors (Lipinski definition) is 1. The van der Waals surface area contributed by atoms with Gasteiger partial charge in [0, 0.05) is 31.1 Å². The summed E-state index contributed by atoms with van der Waals surface area (Å²) < 4.78 is 5.47. The zero-order chi connectivity index (χ0) is 19.0. The van der Waals surface area contributed by atoms with E-state index < -0.39 is 0 Å². The number of rotatable bonds is 3. The lowest BCUT2D eigenvalue weighted by atomic mass is 9.76. The van der Waals surface area contributed by atoms with Gasteiger partial charge < -0.3 is 9.84 Å². The van der Waals surface area contributed by atoms with E-state index in [0.717, 1.165) is 35.3 Å². The van der Waals surface area contributed by atoms with Crippen LogP contribution < -0.4 is 0 Å². The maximum absolute atomic E-state index is 12.9. The molecule has 2 aromatic rings. The van der Waals surface area contributed by atoms with E-state index in [1.165, 1.54) is 0 Å². The molecule has 4 heteroatoms. The Balaban J connectivity index is 1.69. The molecule has 1 heterocycles. The largest absolute Gasteiger partial charge is 0.512 e. The minimum atomic E-state index is 0.0343. The minimum Gasteiger partial charge on any atom is -0.512 e. The van der Waals surface area contributed by atoms with E-state index in [9.17, 15) is 9.90 Å². The Morgan fingerprint density at radius 2 is 1.78 bits per heavy atom. The van der Waals surface area contributed by atoms with E-state index in [4.69, 9.17) is 16.3 Å². The van der Waals surface area contributed by atoms with E-state index >= 15 is 0 Å². The summed E-state index contributed by atoms with van der Waals surface area (Å²) in [7, 11) is 0. The summed E-state index contributed by atoms with van der Waals surface area (Å²) in [5, 5.41) is 11.4. The lowest BCUT2D eigenvalue weighted by Gasteiger charge is -2.28. The van der Waals surface area contributed by atoms with Gasteiger partial charge in [0.2, 0.25) is 0 Å². The first kappa shape index (κ1) is 18.3. The van der Waals surface area contributed by atoms with E-state index in [0.29, 0.717) is 36.0 Å². The lowest BCUT2D eigenvalue weighted by Crippen LogP contribution is -2.25. The molecule has 2 aromatic carbocycles. The molecule has 1 saturated heterocycles. The number of aryl methyl sites for hydroxylation is 1. The minimum absolute atomic E-state index is 0.0343. The molecule has 0 spiro atoms. The van der Waals surface area contributed by atoms with Crippen LogP contribution in [0.15, 0.2) is 48.2 Å². The number of allylic oxidation sites excluding steroid dienone is 2. The molecule has 0 radical (unpaired) electrons. The van der Waals surface area contributed by atoms with Gasteiger partial charge >= 0.3 is 0 Å². The van der Waals surface area contributed by atoms with E-state index in [1.54, 1.807) is 0 Å². The van der Waals surface area contributed by atoms with E-state index in [-0.39, 0.29) is 17.5 Å². The fourth-order valence-electron chi connectivity index (χ4n) is 4.20. The summed E-state index contributed by atoms with van der Waals surface area (Å²) in [6.45, 7) is 3.44. The Kier molecular flexibility index (Phi) is 5.07. The summed E-state index contributed by atoms with van der Waals surface area (Å²) in [4.78, 5) is 12.9. The van der Waals surface area contributed by atoms with Gasteiger partial charge in [0.15, 0.2) is 5.78 Å². The standard InChI is InChI=1S/C23H23ClO3/c1-14-2-3-16(15-4-6-19(24)7-5-15)10-20(14)23-21(25)11-18(12-22(23)26)17-8-9-27-13-17/h2-7,10,17-18,25H,8-9,11-13H2,1H3. The molecule has 0 saturated carbocycles. The summed E-state index contributed by atoms with van der Waals surface area (Å²) in [5.41, 5.74) is 4.34. The van der Waals surface area contributed by atoms with Crippen LogP contribution in [-0.4, -0.2) is 24.1 Å². The maximum Gasteiger partial charge on any atom is 0.167 e. The molecule has 140 valence electrons. The third kappa shape index (κ3) is 3.67. The zero-order valence-electron chi connectivity index (χ0n) is 15.4. The molecule has 27 heavy (non-hydrogen) atoms. The number of carbonyl (C=O) groups excluding carboxylic acids is 1. The molecule has 1 fully saturated rings. The average Bonchev–Trinajstić information content (AvgIpc) is 3.18. The Labute approximate surface area is 164 Å². The molecule has 1 aliphatic carbocycles. The molecule has 0 aromatic heterocycles. The lowest BCUT2D eigenvalue weighted by molar-refractivity contribution is -0.115. The van der Waals surface area contributed by atoms with Crippen LogP contribution in [0, 0.1) is 18.8 Å². The maximum atomic E-state index is 12.9. The summed E-state index contributed by atoms with van der Waals surface area (Å²) in [5.74, 6) is 0.814. The molecule has 2 unspecified atom stereocenters. The number of aliphatic hydroxyl groups is 1. The van der Waals surface area contributed by atoms with Gasteiger partial charge in [-0.05, 0) is 65.6 Å². The van der Waals surface area contributed by atoms with Gasteiger partial charge in [0.05, 0.1) is 5.57 Å². The third-order valence-electron chi connectivity index (χ3n) is 5.79. The van der Waals surface area contributed by atoms with Crippen molar-refractivity contribution < 1.29 is 14.6 Å². The first-order chi connectivity index (χ1) is 13.0. The second kappa shape index (κ2) is 7.49. The third-order valence-corrected chi connectivity index (χ3v) is 6.04. The average molecular weight is 383 g/mol. The van der Waals surface area contributed by atoms with Crippen LogP contribution in [0.25, 0.3) is 16.7 Å². The van der Waals surface area contributed by atoms with Gasteiger partial charge in [-0.25, -0.2) is 0 Å². The fraction of sp³-hybridized carbons (Fsp3) is 0.348. The Morgan fingerprint density at radius 3 is 2.44 bits per heavy atom. The van der Waals surface area contributed by atoms with Gasteiger partial charge in [0.1, 0.15) is 5.76 Å². The predicted molar refractivity (Wildman–Crippen MR) is 108 cm³/mol. The van der Waals surface area contributed by atoms with Crippen LogP contribution in [0.5, 0.6) is 0 Å². The van der Waals surface area contributed by atoms with Crippen LogP contribution in [0.4, 0.5) is 0 Å². The number of hydrogen-bond acceptors (Lipinski definition) is 3. The first-order valence-corrected chi connectivity index (χ1v) is 9.80. The van der Waals surface area contributed by atoms with Crippen LogP contribution in [0.1, 0.15) is 30.4 Å². The second-order valence-electron chi connectivity index (χ2n) is 7.57. The molecule has 1 aliphatic heterocycles.